The van der Waals surface area contributed by atoms with Crippen LogP contribution >= 0.6 is 0 Å². The van der Waals surface area contributed by atoms with Gasteiger partial charge in [-0.2, -0.15) is 0 Å². The number of rotatable bonds is 4. The molecular weight excluding hydrogens is 558 g/mol. The maximum Gasteiger partial charge on any atom is 0.160 e. The molecule has 218 valence electrons. The van der Waals surface area contributed by atoms with Crippen LogP contribution in [0.5, 0.6) is 0 Å². The first-order valence-corrected chi connectivity index (χ1v) is 15.9. The van der Waals surface area contributed by atoms with E-state index in [2.05, 4.69) is 146 Å². The summed E-state index contributed by atoms with van der Waals surface area (Å²) in [5, 5.41) is 2.55. The number of fused-ring (bicyclic) bond motifs is 7. The summed E-state index contributed by atoms with van der Waals surface area (Å²) in [7, 11) is 0. The van der Waals surface area contributed by atoms with Crippen LogP contribution < -0.4 is 0 Å². The van der Waals surface area contributed by atoms with E-state index in [1.54, 1.807) is 0 Å². The highest BCUT2D eigenvalue weighted by atomic mass is 15.0. The van der Waals surface area contributed by atoms with Crippen LogP contribution in [0.15, 0.2) is 152 Å². The van der Waals surface area contributed by atoms with Crippen LogP contribution in [0.4, 0.5) is 0 Å². The average Bonchev–Trinajstić information content (AvgIpc) is 3.58. The van der Waals surface area contributed by atoms with Gasteiger partial charge in [0.2, 0.25) is 0 Å². The van der Waals surface area contributed by atoms with Crippen LogP contribution in [0, 0.1) is 0 Å². The SMILES string of the molecule is CC1(C)c2ccccc2-c2c1ccc1c3ccccc3n(-c3ccc(-c4cc(-c5ccccc5)nc(-c5ccccc5)n4)cc3)c21. The first-order chi connectivity index (χ1) is 22.6. The van der Waals surface area contributed by atoms with Crippen molar-refractivity contribution in [1.29, 1.82) is 0 Å². The molecule has 3 nitrogen and oxygen atoms in total. The van der Waals surface area contributed by atoms with E-state index in [0.717, 1.165) is 39.6 Å². The van der Waals surface area contributed by atoms with Gasteiger partial charge in [-0.3, -0.25) is 0 Å². The van der Waals surface area contributed by atoms with Crippen molar-refractivity contribution in [3.8, 4) is 50.7 Å². The van der Waals surface area contributed by atoms with E-state index >= 15 is 0 Å². The van der Waals surface area contributed by atoms with Crippen molar-refractivity contribution in [3.63, 3.8) is 0 Å². The molecule has 1 aliphatic carbocycles. The summed E-state index contributed by atoms with van der Waals surface area (Å²) in [4.78, 5) is 10.0. The van der Waals surface area contributed by atoms with Crippen molar-refractivity contribution in [2.75, 3.05) is 0 Å². The molecule has 0 saturated carbocycles. The lowest BCUT2D eigenvalue weighted by Gasteiger charge is -2.21. The second-order valence-electron chi connectivity index (χ2n) is 12.6. The van der Waals surface area contributed by atoms with E-state index in [4.69, 9.17) is 9.97 Å². The number of para-hydroxylation sites is 1. The van der Waals surface area contributed by atoms with Crippen LogP contribution in [-0.4, -0.2) is 14.5 Å². The number of hydrogen-bond donors (Lipinski definition) is 0. The zero-order valence-electron chi connectivity index (χ0n) is 25.8. The fourth-order valence-corrected chi connectivity index (χ4v) is 7.36. The first-order valence-electron chi connectivity index (χ1n) is 15.9. The van der Waals surface area contributed by atoms with E-state index in [1.807, 2.05) is 24.3 Å². The van der Waals surface area contributed by atoms with Crippen molar-refractivity contribution < 1.29 is 0 Å². The van der Waals surface area contributed by atoms with Gasteiger partial charge in [0.15, 0.2) is 5.82 Å². The zero-order valence-corrected chi connectivity index (χ0v) is 25.8. The number of nitrogens with zero attached hydrogens (tertiary/aromatic N) is 3. The van der Waals surface area contributed by atoms with Crippen molar-refractivity contribution in [3.05, 3.63) is 163 Å². The van der Waals surface area contributed by atoms with Crippen molar-refractivity contribution in [2.45, 2.75) is 19.3 Å². The molecule has 9 rings (SSSR count). The highest BCUT2D eigenvalue weighted by Gasteiger charge is 2.37. The van der Waals surface area contributed by atoms with Crippen LogP contribution in [0.25, 0.3) is 72.5 Å². The molecule has 1 aliphatic rings. The highest BCUT2D eigenvalue weighted by molar-refractivity contribution is 6.15. The largest absolute Gasteiger partial charge is 0.309 e. The monoisotopic (exact) mass is 589 g/mol. The normalized spacial score (nSPS) is 13.2. The molecule has 6 aromatic carbocycles. The minimum atomic E-state index is -0.0643. The number of aromatic nitrogens is 3. The summed E-state index contributed by atoms with van der Waals surface area (Å²) in [6, 6.07) is 53.9. The molecule has 0 unspecified atom stereocenters. The molecular formula is C43H31N3. The third-order valence-corrected chi connectivity index (χ3v) is 9.63. The molecule has 8 aromatic rings. The second-order valence-corrected chi connectivity index (χ2v) is 12.6. The van der Waals surface area contributed by atoms with E-state index in [1.165, 1.54) is 44.1 Å². The Hall–Kier alpha value is -5.80. The van der Waals surface area contributed by atoms with Gasteiger partial charge in [0.25, 0.3) is 0 Å². The van der Waals surface area contributed by atoms with Gasteiger partial charge in [-0.05, 0) is 41.0 Å². The standard InChI is InChI=1S/C43H31N3/c1-43(2)35-19-11-9-18-34(35)40-36(43)26-25-33-32-17-10-12-20-39(32)46(41(33)40)31-23-21-29(22-24-31)38-27-37(28-13-5-3-6-14-28)44-42(45-38)30-15-7-4-8-16-30/h3-27H,1-2H3. The zero-order chi connectivity index (χ0) is 30.8. The number of hydrogen-bond acceptors (Lipinski definition) is 2. The van der Waals surface area contributed by atoms with Gasteiger partial charge < -0.3 is 4.57 Å². The van der Waals surface area contributed by atoms with Crippen LogP contribution in [0.1, 0.15) is 25.0 Å². The minimum absolute atomic E-state index is 0.0643. The van der Waals surface area contributed by atoms with Crippen LogP contribution in [0.3, 0.4) is 0 Å². The van der Waals surface area contributed by atoms with Gasteiger partial charge in [0.05, 0.1) is 22.4 Å². The average molecular weight is 590 g/mol. The van der Waals surface area contributed by atoms with Gasteiger partial charge >= 0.3 is 0 Å². The molecule has 46 heavy (non-hydrogen) atoms. The predicted molar refractivity (Wildman–Crippen MR) is 190 cm³/mol. The Balaban J connectivity index is 1.24. The van der Waals surface area contributed by atoms with Gasteiger partial charge in [0, 0.05) is 44.1 Å². The molecule has 3 heteroatoms. The Labute approximate surface area is 268 Å². The molecule has 0 N–H and O–H groups in total. The molecule has 0 fully saturated rings. The summed E-state index contributed by atoms with van der Waals surface area (Å²) < 4.78 is 2.45. The van der Waals surface area contributed by atoms with E-state index < -0.39 is 0 Å². The Morgan fingerprint density at radius 3 is 1.85 bits per heavy atom. The third kappa shape index (κ3) is 3.98. The van der Waals surface area contributed by atoms with Crippen molar-refractivity contribution in [2.24, 2.45) is 0 Å². The molecule has 0 atom stereocenters. The maximum absolute atomic E-state index is 5.06. The van der Waals surface area contributed by atoms with Gasteiger partial charge in [-0.25, -0.2) is 9.97 Å². The van der Waals surface area contributed by atoms with Crippen LogP contribution in [0.2, 0.25) is 0 Å². The van der Waals surface area contributed by atoms with E-state index in [-0.39, 0.29) is 5.41 Å². The second kappa shape index (κ2) is 10.1. The lowest BCUT2D eigenvalue weighted by molar-refractivity contribution is 0.661. The van der Waals surface area contributed by atoms with E-state index in [9.17, 15) is 0 Å². The molecule has 0 aliphatic heterocycles. The quantitative estimate of drug-likeness (QED) is 0.204. The van der Waals surface area contributed by atoms with Gasteiger partial charge in [-0.15, -0.1) is 0 Å². The molecule has 0 radical (unpaired) electrons. The summed E-state index contributed by atoms with van der Waals surface area (Å²) in [6.45, 7) is 4.70. The Bertz CT molecular complexity index is 2360. The molecule has 0 spiro atoms. The number of benzene rings is 6. The van der Waals surface area contributed by atoms with E-state index in [0.29, 0.717) is 0 Å². The van der Waals surface area contributed by atoms with Crippen molar-refractivity contribution >= 4 is 21.8 Å². The smallest absolute Gasteiger partial charge is 0.160 e. The molecule has 0 bridgehead atoms. The molecule has 0 saturated heterocycles. The Morgan fingerprint density at radius 1 is 0.500 bits per heavy atom. The highest BCUT2D eigenvalue weighted by Crippen LogP contribution is 2.52. The Morgan fingerprint density at radius 2 is 1.11 bits per heavy atom. The van der Waals surface area contributed by atoms with Gasteiger partial charge in [-0.1, -0.05) is 141 Å². The maximum atomic E-state index is 5.06. The first kappa shape index (κ1) is 26.6. The topological polar surface area (TPSA) is 30.7 Å². The molecule has 0 amide bonds. The lowest BCUT2D eigenvalue weighted by atomic mass is 9.82. The predicted octanol–water partition coefficient (Wildman–Crippen LogP) is 10.9. The minimum Gasteiger partial charge on any atom is -0.309 e. The summed E-state index contributed by atoms with van der Waals surface area (Å²) in [6.07, 6.45) is 0. The summed E-state index contributed by atoms with van der Waals surface area (Å²) in [5.41, 5.74) is 13.9. The van der Waals surface area contributed by atoms with Crippen molar-refractivity contribution in [1.82, 2.24) is 14.5 Å². The molecule has 2 heterocycles. The summed E-state index contributed by atoms with van der Waals surface area (Å²) >= 11 is 0. The Kier molecular flexibility index (Phi) is 5.85. The summed E-state index contributed by atoms with van der Waals surface area (Å²) in [5.74, 6) is 0.722. The fourth-order valence-electron chi connectivity index (χ4n) is 7.36. The van der Waals surface area contributed by atoms with Crippen LogP contribution in [-0.2, 0) is 5.41 Å². The fraction of sp³-hybridized carbons (Fsp3) is 0.0698. The molecule has 2 aromatic heterocycles. The lowest BCUT2D eigenvalue weighted by Crippen LogP contribution is -2.14. The van der Waals surface area contributed by atoms with Gasteiger partial charge in [0.1, 0.15) is 0 Å². The third-order valence-electron chi connectivity index (χ3n) is 9.63.